The minimum Gasteiger partial charge on any atom is -0.354 e. The van der Waals surface area contributed by atoms with E-state index in [1.54, 1.807) is 30.0 Å². The van der Waals surface area contributed by atoms with Crippen LogP contribution in [0.1, 0.15) is 37.8 Å². The molecule has 2 aromatic rings. The minimum absolute atomic E-state index is 0.0938. The van der Waals surface area contributed by atoms with Crippen LogP contribution in [0.5, 0.6) is 0 Å². The van der Waals surface area contributed by atoms with Crippen LogP contribution in [0.15, 0.2) is 46.9 Å². The molecule has 0 saturated heterocycles. The van der Waals surface area contributed by atoms with E-state index in [-0.39, 0.29) is 18.2 Å². The average molecular weight is 500 g/mol. The fourth-order valence-electron chi connectivity index (χ4n) is 2.88. The van der Waals surface area contributed by atoms with E-state index < -0.39 is 6.04 Å². The summed E-state index contributed by atoms with van der Waals surface area (Å²) in [6.45, 7) is 4.74. The van der Waals surface area contributed by atoms with Crippen molar-refractivity contribution in [2.75, 3.05) is 6.54 Å². The number of nitrogens with one attached hydrogen (secondary N) is 1. The summed E-state index contributed by atoms with van der Waals surface area (Å²) >= 11 is 15.7. The van der Waals surface area contributed by atoms with Gasteiger partial charge in [-0.3, -0.25) is 9.59 Å². The van der Waals surface area contributed by atoms with Crippen LogP contribution >= 0.6 is 39.1 Å². The quantitative estimate of drug-likeness (QED) is 0.454. The van der Waals surface area contributed by atoms with Crippen LogP contribution in [-0.2, 0) is 22.6 Å². The lowest BCUT2D eigenvalue weighted by atomic mass is 10.1. The topological polar surface area (TPSA) is 49.4 Å². The van der Waals surface area contributed by atoms with Crippen LogP contribution in [0.2, 0.25) is 10.0 Å². The number of carbonyl (C=O) groups is 2. The van der Waals surface area contributed by atoms with Crippen LogP contribution < -0.4 is 5.32 Å². The molecule has 0 aromatic heterocycles. The number of unbranched alkanes of at least 4 members (excludes halogenated alkanes) is 1. The summed E-state index contributed by atoms with van der Waals surface area (Å²) in [4.78, 5) is 27.4. The van der Waals surface area contributed by atoms with E-state index >= 15 is 0 Å². The first-order valence-electron chi connectivity index (χ1n) is 9.57. The van der Waals surface area contributed by atoms with Gasteiger partial charge in [-0.05, 0) is 48.7 Å². The van der Waals surface area contributed by atoms with Crippen molar-refractivity contribution in [3.05, 3.63) is 68.1 Å². The van der Waals surface area contributed by atoms with Crippen LogP contribution in [0.25, 0.3) is 0 Å². The summed E-state index contributed by atoms with van der Waals surface area (Å²) in [5, 5.41) is 3.87. The third-order valence-corrected chi connectivity index (χ3v) is 5.68. The molecule has 0 bridgehead atoms. The fraction of sp³-hybridized carbons (Fsp3) is 0.364. The molecule has 0 fully saturated rings. The van der Waals surface area contributed by atoms with Crippen LogP contribution in [0.3, 0.4) is 0 Å². The van der Waals surface area contributed by atoms with Gasteiger partial charge in [-0.2, -0.15) is 0 Å². The zero-order chi connectivity index (χ0) is 21.4. The van der Waals surface area contributed by atoms with Gasteiger partial charge in [-0.25, -0.2) is 0 Å². The monoisotopic (exact) mass is 498 g/mol. The van der Waals surface area contributed by atoms with E-state index in [2.05, 4.69) is 28.2 Å². The molecule has 2 rings (SSSR count). The molecular formula is C22H25BrCl2N2O2. The number of hydrogen-bond acceptors (Lipinski definition) is 2. The first kappa shape index (κ1) is 23.7. The average Bonchev–Trinajstić information content (AvgIpc) is 2.68. The van der Waals surface area contributed by atoms with E-state index in [0.29, 0.717) is 28.7 Å². The zero-order valence-corrected chi connectivity index (χ0v) is 19.6. The molecule has 0 heterocycles. The summed E-state index contributed by atoms with van der Waals surface area (Å²) in [6, 6.07) is 12.2. The number of benzene rings is 2. The van der Waals surface area contributed by atoms with Gasteiger partial charge in [0.05, 0.1) is 6.42 Å². The zero-order valence-electron chi connectivity index (χ0n) is 16.6. The number of rotatable bonds is 9. The molecule has 4 nitrogen and oxygen atoms in total. The Labute approximate surface area is 190 Å². The molecule has 0 aliphatic rings. The Morgan fingerprint density at radius 3 is 2.59 bits per heavy atom. The van der Waals surface area contributed by atoms with Gasteiger partial charge in [0.2, 0.25) is 11.8 Å². The largest absolute Gasteiger partial charge is 0.354 e. The van der Waals surface area contributed by atoms with Gasteiger partial charge in [-0.1, -0.05) is 70.7 Å². The maximum atomic E-state index is 13.2. The summed E-state index contributed by atoms with van der Waals surface area (Å²) in [5.41, 5.74) is 1.61. The summed E-state index contributed by atoms with van der Waals surface area (Å²) in [6.07, 6.45) is 1.99. The number of hydrogen-bond donors (Lipinski definition) is 1. The van der Waals surface area contributed by atoms with Crippen molar-refractivity contribution in [1.82, 2.24) is 10.2 Å². The molecule has 1 N–H and O–H groups in total. The van der Waals surface area contributed by atoms with Gasteiger partial charge in [0.1, 0.15) is 6.04 Å². The molecule has 0 unspecified atom stereocenters. The van der Waals surface area contributed by atoms with E-state index in [9.17, 15) is 9.59 Å². The Hall–Kier alpha value is -1.56. The maximum Gasteiger partial charge on any atom is 0.242 e. The SMILES string of the molecule is CCCCNC(=O)[C@@H](C)N(Cc1cccc(Br)c1)C(=O)Cc1ccc(Cl)cc1Cl. The first-order valence-corrected chi connectivity index (χ1v) is 11.1. The Morgan fingerprint density at radius 2 is 1.93 bits per heavy atom. The van der Waals surface area contributed by atoms with Crippen molar-refractivity contribution in [3.8, 4) is 0 Å². The highest BCUT2D eigenvalue weighted by molar-refractivity contribution is 9.10. The van der Waals surface area contributed by atoms with Gasteiger partial charge in [0.15, 0.2) is 0 Å². The van der Waals surface area contributed by atoms with Crippen LogP contribution in [-0.4, -0.2) is 29.3 Å². The predicted molar refractivity (Wildman–Crippen MR) is 122 cm³/mol. The molecule has 0 spiro atoms. The molecule has 0 aliphatic heterocycles. The Kier molecular flexibility index (Phi) is 9.47. The second kappa shape index (κ2) is 11.6. The fourth-order valence-corrected chi connectivity index (χ4v) is 3.80. The summed E-state index contributed by atoms with van der Waals surface area (Å²) in [5.74, 6) is -0.337. The molecule has 7 heteroatoms. The molecular weight excluding hydrogens is 475 g/mol. The molecule has 2 aromatic carbocycles. The van der Waals surface area contributed by atoms with E-state index in [1.807, 2.05) is 24.3 Å². The Morgan fingerprint density at radius 1 is 1.17 bits per heavy atom. The number of amides is 2. The van der Waals surface area contributed by atoms with Gasteiger partial charge in [-0.15, -0.1) is 0 Å². The smallest absolute Gasteiger partial charge is 0.242 e. The summed E-state index contributed by atoms with van der Waals surface area (Å²) in [7, 11) is 0. The normalized spacial score (nSPS) is 11.8. The molecule has 1 atom stereocenters. The van der Waals surface area contributed by atoms with Crippen molar-refractivity contribution in [2.24, 2.45) is 0 Å². The second-order valence-electron chi connectivity index (χ2n) is 6.88. The summed E-state index contributed by atoms with van der Waals surface area (Å²) < 4.78 is 0.920. The van der Waals surface area contributed by atoms with Crippen LogP contribution in [0.4, 0.5) is 0 Å². The molecule has 0 radical (unpaired) electrons. The second-order valence-corrected chi connectivity index (χ2v) is 8.64. The van der Waals surface area contributed by atoms with Gasteiger partial charge in [0.25, 0.3) is 0 Å². The van der Waals surface area contributed by atoms with Crippen molar-refractivity contribution in [2.45, 2.75) is 45.7 Å². The number of carbonyl (C=O) groups excluding carboxylic acids is 2. The van der Waals surface area contributed by atoms with Crippen molar-refractivity contribution < 1.29 is 9.59 Å². The van der Waals surface area contributed by atoms with E-state index in [1.165, 1.54) is 0 Å². The third-order valence-electron chi connectivity index (χ3n) is 4.60. The number of halogens is 3. The predicted octanol–water partition coefficient (Wildman–Crippen LogP) is 5.63. The van der Waals surface area contributed by atoms with Crippen molar-refractivity contribution >= 4 is 50.9 Å². The maximum absolute atomic E-state index is 13.2. The first-order chi connectivity index (χ1) is 13.8. The van der Waals surface area contributed by atoms with E-state index in [4.69, 9.17) is 23.2 Å². The molecule has 29 heavy (non-hydrogen) atoms. The highest BCUT2D eigenvalue weighted by Gasteiger charge is 2.26. The minimum atomic E-state index is -0.607. The van der Waals surface area contributed by atoms with Crippen molar-refractivity contribution in [3.63, 3.8) is 0 Å². The number of nitrogens with zero attached hydrogens (tertiary/aromatic N) is 1. The van der Waals surface area contributed by atoms with Gasteiger partial charge < -0.3 is 10.2 Å². The Balaban J connectivity index is 2.22. The molecule has 0 saturated carbocycles. The highest BCUT2D eigenvalue weighted by Crippen LogP contribution is 2.23. The lowest BCUT2D eigenvalue weighted by molar-refractivity contribution is -0.140. The molecule has 0 aliphatic carbocycles. The standard InChI is InChI=1S/C22H25BrCl2N2O2/c1-3-4-10-26-22(29)15(2)27(14-16-6-5-7-18(23)11-16)21(28)12-17-8-9-19(24)13-20(17)25/h5-9,11,13,15H,3-4,10,12,14H2,1-2H3,(H,26,29)/t15-/m1/s1. The Bertz CT molecular complexity index is 860. The highest BCUT2D eigenvalue weighted by atomic mass is 79.9. The van der Waals surface area contributed by atoms with Crippen LogP contribution in [0, 0.1) is 0 Å². The lowest BCUT2D eigenvalue weighted by Gasteiger charge is -2.29. The molecule has 156 valence electrons. The van der Waals surface area contributed by atoms with Gasteiger partial charge in [0, 0.05) is 27.6 Å². The molecule has 2 amide bonds. The van der Waals surface area contributed by atoms with Crippen molar-refractivity contribution in [1.29, 1.82) is 0 Å². The third kappa shape index (κ3) is 7.32. The van der Waals surface area contributed by atoms with E-state index in [0.717, 1.165) is 22.9 Å². The lowest BCUT2D eigenvalue weighted by Crippen LogP contribution is -2.48. The van der Waals surface area contributed by atoms with Gasteiger partial charge >= 0.3 is 0 Å².